The number of nitrogens with zero attached hydrogens (tertiary/aromatic N) is 1. The monoisotopic (exact) mass is 226 g/mol. The Morgan fingerprint density at radius 2 is 2.12 bits per heavy atom. The van der Waals surface area contributed by atoms with Crippen LogP contribution in [0.3, 0.4) is 0 Å². The zero-order valence-corrected chi connectivity index (χ0v) is 10.6. The molecule has 2 aliphatic heterocycles. The predicted octanol–water partition coefficient (Wildman–Crippen LogP) is 1.49. The van der Waals surface area contributed by atoms with Gasteiger partial charge in [0, 0.05) is 13.2 Å². The van der Waals surface area contributed by atoms with Crippen LogP contribution in [0.2, 0.25) is 0 Å². The number of hydrogen-bond donors (Lipinski definition) is 1. The Morgan fingerprint density at radius 3 is 2.81 bits per heavy atom. The molecule has 2 heterocycles. The van der Waals surface area contributed by atoms with Crippen molar-refractivity contribution in [2.24, 2.45) is 5.92 Å². The second kappa shape index (κ2) is 6.58. The first-order valence-electron chi connectivity index (χ1n) is 6.91. The van der Waals surface area contributed by atoms with E-state index in [2.05, 4.69) is 17.1 Å². The highest BCUT2D eigenvalue weighted by atomic mass is 16.5. The van der Waals surface area contributed by atoms with Gasteiger partial charge in [-0.25, -0.2) is 0 Å². The van der Waals surface area contributed by atoms with Crippen LogP contribution in [0.4, 0.5) is 0 Å². The summed E-state index contributed by atoms with van der Waals surface area (Å²) in [5, 5.41) is 3.58. The number of nitrogens with one attached hydrogen (secondary N) is 1. The second-order valence-electron chi connectivity index (χ2n) is 5.23. The van der Waals surface area contributed by atoms with Crippen LogP contribution in [-0.2, 0) is 4.74 Å². The van der Waals surface area contributed by atoms with Crippen LogP contribution < -0.4 is 5.32 Å². The number of hydrogen-bond acceptors (Lipinski definition) is 3. The summed E-state index contributed by atoms with van der Waals surface area (Å²) in [4.78, 5) is 2.59. The molecule has 94 valence electrons. The quantitative estimate of drug-likeness (QED) is 0.694. The maximum atomic E-state index is 5.56. The van der Waals surface area contributed by atoms with Crippen molar-refractivity contribution in [3.8, 4) is 0 Å². The van der Waals surface area contributed by atoms with E-state index in [1.54, 1.807) is 0 Å². The summed E-state index contributed by atoms with van der Waals surface area (Å²) in [6.45, 7) is 9.40. The average Bonchev–Trinajstić information content (AvgIpc) is 2.90. The molecular formula is C13H26N2O. The van der Waals surface area contributed by atoms with Crippen molar-refractivity contribution in [2.75, 3.05) is 39.3 Å². The molecule has 0 spiro atoms. The first kappa shape index (κ1) is 12.3. The molecule has 2 fully saturated rings. The van der Waals surface area contributed by atoms with E-state index in [4.69, 9.17) is 4.74 Å². The fraction of sp³-hybridized carbons (Fsp3) is 1.00. The van der Waals surface area contributed by atoms with Crippen LogP contribution in [0.1, 0.15) is 32.6 Å². The van der Waals surface area contributed by atoms with Crippen molar-refractivity contribution in [1.29, 1.82) is 0 Å². The zero-order chi connectivity index (χ0) is 11.2. The molecule has 0 aromatic carbocycles. The molecule has 0 aromatic rings. The summed E-state index contributed by atoms with van der Waals surface area (Å²) >= 11 is 0. The van der Waals surface area contributed by atoms with Crippen molar-refractivity contribution >= 4 is 0 Å². The Morgan fingerprint density at radius 1 is 1.31 bits per heavy atom. The first-order chi connectivity index (χ1) is 7.86. The number of likely N-dealkylation sites (tertiary alicyclic amines) is 1. The summed E-state index contributed by atoms with van der Waals surface area (Å²) < 4.78 is 5.56. The van der Waals surface area contributed by atoms with E-state index >= 15 is 0 Å². The number of rotatable bonds is 6. The highest BCUT2D eigenvalue weighted by molar-refractivity contribution is 4.74. The Bertz CT molecular complexity index is 192. The third kappa shape index (κ3) is 3.72. The topological polar surface area (TPSA) is 24.5 Å². The fourth-order valence-corrected chi connectivity index (χ4v) is 2.77. The van der Waals surface area contributed by atoms with E-state index in [-0.39, 0.29) is 0 Å². The summed E-state index contributed by atoms with van der Waals surface area (Å²) in [6.07, 6.45) is 5.81. The standard InChI is InChI=1S/C13H26N2O/c1-12-13(5-10-16-12)11-14-6-4-9-15-7-2-3-8-15/h12-14H,2-11H2,1H3. The minimum atomic E-state index is 0.464. The van der Waals surface area contributed by atoms with Gasteiger partial charge < -0.3 is 15.0 Å². The molecule has 2 aliphatic rings. The van der Waals surface area contributed by atoms with Crippen LogP contribution in [0.5, 0.6) is 0 Å². The minimum Gasteiger partial charge on any atom is -0.378 e. The lowest BCUT2D eigenvalue weighted by molar-refractivity contribution is 0.105. The molecule has 0 saturated carbocycles. The Kier molecular flexibility index (Phi) is 5.07. The number of ether oxygens (including phenoxy) is 1. The summed E-state index contributed by atoms with van der Waals surface area (Å²) in [7, 11) is 0. The smallest absolute Gasteiger partial charge is 0.0588 e. The SMILES string of the molecule is CC1OCCC1CNCCCN1CCCC1. The Balaban J connectivity index is 1.45. The normalized spacial score (nSPS) is 31.3. The van der Waals surface area contributed by atoms with Crippen molar-refractivity contribution in [1.82, 2.24) is 10.2 Å². The summed E-state index contributed by atoms with van der Waals surface area (Å²) in [5.74, 6) is 0.742. The lowest BCUT2D eigenvalue weighted by Crippen LogP contribution is -2.30. The van der Waals surface area contributed by atoms with Crippen LogP contribution in [0, 0.1) is 5.92 Å². The van der Waals surface area contributed by atoms with Crippen molar-refractivity contribution in [2.45, 2.75) is 38.7 Å². The van der Waals surface area contributed by atoms with Crippen LogP contribution in [-0.4, -0.2) is 50.3 Å². The van der Waals surface area contributed by atoms with Crippen LogP contribution in [0.25, 0.3) is 0 Å². The first-order valence-corrected chi connectivity index (χ1v) is 6.91. The van der Waals surface area contributed by atoms with Crippen molar-refractivity contribution in [3.63, 3.8) is 0 Å². The Hall–Kier alpha value is -0.120. The molecule has 16 heavy (non-hydrogen) atoms. The van der Waals surface area contributed by atoms with Gasteiger partial charge in [0.25, 0.3) is 0 Å². The molecule has 3 nitrogen and oxygen atoms in total. The molecule has 0 bridgehead atoms. The molecule has 3 heteroatoms. The lowest BCUT2D eigenvalue weighted by atomic mass is 10.0. The van der Waals surface area contributed by atoms with E-state index in [9.17, 15) is 0 Å². The van der Waals surface area contributed by atoms with Gasteiger partial charge in [0.05, 0.1) is 6.10 Å². The van der Waals surface area contributed by atoms with Gasteiger partial charge >= 0.3 is 0 Å². The predicted molar refractivity (Wildman–Crippen MR) is 66.7 cm³/mol. The highest BCUT2D eigenvalue weighted by Gasteiger charge is 2.23. The molecule has 2 rings (SSSR count). The lowest BCUT2D eigenvalue weighted by Gasteiger charge is -2.17. The highest BCUT2D eigenvalue weighted by Crippen LogP contribution is 2.19. The molecule has 0 aliphatic carbocycles. The average molecular weight is 226 g/mol. The van der Waals surface area contributed by atoms with Gasteiger partial charge in [0.2, 0.25) is 0 Å². The molecule has 0 radical (unpaired) electrons. The largest absolute Gasteiger partial charge is 0.378 e. The van der Waals surface area contributed by atoms with Gasteiger partial charge in [-0.15, -0.1) is 0 Å². The van der Waals surface area contributed by atoms with E-state index in [0.29, 0.717) is 6.10 Å². The maximum absolute atomic E-state index is 5.56. The molecule has 1 N–H and O–H groups in total. The van der Waals surface area contributed by atoms with Crippen molar-refractivity contribution in [3.05, 3.63) is 0 Å². The minimum absolute atomic E-state index is 0.464. The van der Waals surface area contributed by atoms with Gasteiger partial charge in [0.1, 0.15) is 0 Å². The second-order valence-corrected chi connectivity index (χ2v) is 5.23. The van der Waals surface area contributed by atoms with E-state index in [0.717, 1.165) is 19.1 Å². The molecule has 2 unspecified atom stereocenters. The van der Waals surface area contributed by atoms with Crippen molar-refractivity contribution < 1.29 is 4.74 Å². The van der Waals surface area contributed by atoms with Gasteiger partial charge in [0.15, 0.2) is 0 Å². The summed E-state index contributed by atoms with van der Waals surface area (Å²) in [5.41, 5.74) is 0. The maximum Gasteiger partial charge on any atom is 0.0588 e. The van der Waals surface area contributed by atoms with E-state index < -0.39 is 0 Å². The molecular weight excluding hydrogens is 200 g/mol. The third-order valence-corrected chi connectivity index (χ3v) is 3.97. The third-order valence-electron chi connectivity index (χ3n) is 3.97. The zero-order valence-electron chi connectivity index (χ0n) is 10.6. The van der Waals surface area contributed by atoms with Crippen LogP contribution >= 0.6 is 0 Å². The fourth-order valence-electron chi connectivity index (χ4n) is 2.77. The van der Waals surface area contributed by atoms with E-state index in [1.165, 1.54) is 51.9 Å². The van der Waals surface area contributed by atoms with Gasteiger partial charge in [-0.1, -0.05) is 0 Å². The molecule has 0 aromatic heterocycles. The Labute approximate surface area is 99.5 Å². The van der Waals surface area contributed by atoms with E-state index in [1.807, 2.05) is 0 Å². The molecule has 0 amide bonds. The molecule has 2 atom stereocenters. The molecule has 2 saturated heterocycles. The summed E-state index contributed by atoms with van der Waals surface area (Å²) in [6, 6.07) is 0. The van der Waals surface area contributed by atoms with Crippen LogP contribution in [0.15, 0.2) is 0 Å². The van der Waals surface area contributed by atoms with Gasteiger partial charge in [-0.3, -0.25) is 0 Å². The van der Waals surface area contributed by atoms with Gasteiger partial charge in [-0.05, 0) is 64.7 Å². The van der Waals surface area contributed by atoms with Gasteiger partial charge in [-0.2, -0.15) is 0 Å².